The summed E-state index contributed by atoms with van der Waals surface area (Å²) in [5, 5.41) is 0. The summed E-state index contributed by atoms with van der Waals surface area (Å²) in [6.45, 7) is 9.43. The van der Waals surface area contributed by atoms with Gasteiger partial charge in [-0.2, -0.15) is 0 Å². The first kappa shape index (κ1) is 23.5. The van der Waals surface area contributed by atoms with Crippen LogP contribution in [0.4, 0.5) is 4.79 Å². The summed E-state index contributed by atoms with van der Waals surface area (Å²) in [7, 11) is 1.27. The van der Waals surface area contributed by atoms with Gasteiger partial charge in [0.25, 0.3) is 0 Å². The number of nitrogens with zero attached hydrogens (tertiary/aromatic N) is 1. The summed E-state index contributed by atoms with van der Waals surface area (Å²) in [4.78, 5) is 25.4. The molecule has 0 bridgehead atoms. The molecule has 0 spiro atoms. The summed E-state index contributed by atoms with van der Waals surface area (Å²) >= 11 is 2.30. The molecule has 5 nitrogen and oxygen atoms in total. The first-order valence-electron chi connectivity index (χ1n) is 9.16. The highest BCUT2D eigenvalue weighted by atomic mass is 127. The summed E-state index contributed by atoms with van der Waals surface area (Å²) in [6, 6.07) is 8.55. The number of ether oxygens (including phenoxy) is 2. The first-order valence-corrected chi connectivity index (χ1v) is 10.2. The summed E-state index contributed by atoms with van der Waals surface area (Å²) in [5.41, 5.74) is 0.703. The van der Waals surface area contributed by atoms with Gasteiger partial charge < -0.3 is 9.47 Å². The molecule has 1 aromatic rings. The molecule has 0 fully saturated rings. The molecule has 0 aliphatic heterocycles. The highest BCUT2D eigenvalue weighted by molar-refractivity contribution is 14.1. The molecular formula is C21H30INO4. The zero-order valence-electron chi connectivity index (χ0n) is 16.7. The Morgan fingerprint density at radius 1 is 1.07 bits per heavy atom. The van der Waals surface area contributed by atoms with Crippen molar-refractivity contribution in [3.05, 3.63) is 45.7 Å². The molecule has 150 valence electrons. The Labute approximate surface area is 176 Å². The smallest absolute Gasteiger partial charge is 0.415 e. The lowest BCUT2D eigenvalue weighted by atomic mass is 10.1. The van der Waals surface area contributed by atoms with Crippen LogP contribution in [0.15, 0.2) is 36.5 Å². The van der Waals surface area contributed by atoms with Gasteiger partial charge in [0.1, 0.15) is 11.3 Å². The van der Waals surface area contributed by atoms with Gasteiger partial charge in [-0.3, -0.25) is 4.90 Å². The van der Waals surface area contributed by atoms with Crippen molar-refractivity contribution < 1.29 is 19.1 Å². The number of unbranched alkanes of at least 4 members (excludes halogenated alkanes) is 3. The standard InChI is InChI=1S/C21H30INO4/c1-16(19(24)26-5)23(20(25)27-21(2,3)4)15-9-7-6-8-10-17-11-13-18(22)14-12-17/h11-14H,1,6-10,15H2,2-5H3. The van der Waals surface area contributed by atoms with E-state index in [1.54, 1.807) is 20.8 Å². The van der Waals surface area contributed by atoms with Gasteiger partial charge in [-0.25, -0.2) is 9.59 Å². The van der Waals surface area contributed by atoms with Gasteiger partial charge in [0.15, 0.2) is 0 Å². The van der Waals surface area contributed by atoms with Crippen molar-refractivity contribution in [2.75, 3.05) is 13.7 Å². The fraction of sp³-hybridized carbons (Fsp3) is 0.524. The summed E-state index contributed by atoms with van der Waals surface area (Å²) in [6.07, 6.45) is 4.34. The van der Waals surface area contributed by atoms with Crippen LogP contribution in [0.1, 0.15) is 52.0 Å². The second-order valence-corrected chi connectivity index (χ2v) is 8.61. The highest BCUT2D eigenvalue weighted by Gasteiger charge is 2.27. The average molecular weight is 487 g/mol. The number of rotatable bonds is 9. The van der Waals surface area contributed by atoms with E-state index in [9.17, 15) is 9.59 Å². The lowest BCUT2D eigenvalue weighted by molar-refractivity contribution is -0.137. The fourth-order valence-electron chi connectivity index (χ4n) is 2.49. The molecule has 0 aliphatic carbocycles. The predicted molar refractivity (Wildman–Crippen MR) is 115 cm³/mol. The number of carbonyl (C=O) groups is 2. The minimum atomic E-state index is -0.640. The second kappa shape index (κ2) is 11.3. The highest BCUT2D eigenvalue weighted by Crippen LogP contribution is 2.16. The van der Waals surface area contributed by atoms with Gasteiger partial charge >= 0.3 is 12.1 Å². The van der Waals surface area contributed by atoms with Crippen molar-refractivity contribution in [2.45, 2.75) is 58.5 Å². The largest absolute Gasteiger partial charge is 0.464 e. The number of carbonyl (C=O) groups excluding carboxylic acids is 2. The maximum absolute atomic E-state index is 12.4. The Morgan fingerprint density at radius 3 is 2.22 bits per heavy atom. The van der Waals surface area contributed by atoms with Crippen LogP contribution in [0.3, 0.4) is 0 Å². The van der Waals surface area contributed by atoms with Gasteiger partial charge in [-0.15, -0.1) is 0 Å². The van der Waals surface area contributed by atoms with Crippen molar-refractivity contribution in [1.82, 2.24) is 4.90 Å². The summed E-state index contributed by atoms with van der Waals surface area (Å²) < 4.78 is 11.3. The van der Waals surface area contributed by atoms with Crippen molar-refractivity contribution in [3.63, 3.8) is 0 Å². The van der Waals surface area contributed by atoms with E-state index < -0.39 is 17.7 Å². The molecule has 0 saturated carbocycles. The van der Waals surface area contributed by atoms with E-state index in [0.29, 0.717) is 6.54 Å². The topological polar surface area (TPSA) is 55.8 Å². The minimum Gasteiger partial charge on any atom is -0.464 e. The quantitative estimate of drug-likeness (QED) is 0.205. The predicted octanol–water partition coefficient (Wildman–Crippen LogP) is 5.32. The number of aryl methyl sites for hydroxylation is 1. The third-order valence-corrected chi connectivity index (χ3v) is 4.59. The molecule has 0 radical (unpaired) electrons. The zero-order chi connectivity index (χ0) is 20.4. The van der Waals surface area contributed by atoms with E-state index >= 15 is 0 Å². The number of amides is 1. The maximum Gasteiger partial charge on any atom is 0.415 e. The Hall–Kier alpha value is -1.57. The van der Waals surface area contributed by atoms with Gasteiger partial charge in [-0.1, -0.05) is 31.6 Å². The van der Waals surface area contributed by atoms with Gasteiger partial charge in [0.2, 0.25) is 0 Å². The third-order valence-electron chi connectivity index (χ3n) is 3.87. The molecule has 0 heterocycles. The minimum absolute atomic E-state index is 0.00522. The van der Waals surface area contributed by atoms with Crippen LogP contribution in [0.5, 0.6) is 0 Å². The Balaban J connectivity index is 2.46. The Bertz CT molecular complexity index is 635. The number of methoxy groups -OCH3 is 1. The monoisotopic (exact) mass is 487 g/mol. The molecule has 0 unspecified atom stereocenters. The average Bonchev–Trinajstić information content (AvgIpc) is 2.59. The fourth-order valence-corrected chi connectivity index (χ4v) is 2.84. The molecule has 6 heteroatoms. The van der Waals surface area contributed by atoms with Crippen molar-refractivity contribution in [1.29, 1.82) is 0 Å². The van der Waals surface area contributed by atoms with Crippen LogP contribution in [-0.2, 0) is 20.7 Å². The molecule has 1 rings (SSSR count). The molecule has 27 heavy (non-hydrogen) atoms. The molecule has 0 aromatic heterocycles. The van der Waals surface area contributed by atoms with E-state index in [1.165, 1.54) is 21.1 Å². The van der Waals surface area contributed by atoms with Crippen molar-refractivity contribution in [2.24, 2.45) is 0 Å². The normalized spacial score (nSPS) is 11.0. The van der Waals surface area contributed by atoms with Crippen LogP contribution in [0.2, 0.25) is 0 Å². The second-order valence-electron chi connectivity index (χ2n) is 7.36. The number of hydrogen-bond donors (Lipinski definition) is 0. The number of halogens is 1. The SMILES string of the molecule is C=C(C(=O)OC)N(CCCCCCc1ccc(I)cc1)C(=O)OC(C)(C)C. The van der Waals surface area contributed by atoms with E-state index in [0.717, 1.165) is 32.1 Å². The van der Waals surface area contributed by atoms with Crippen LogP contribution >= 0.6 is 22.6 Å². The van der Waals surface area contributed by atoms with Gasteiger partial charge in [-0.05, 0) is 80.3 Å². The van der Waals surface area contributed by atoms with E-state index in [2.05, 4.69) is 58.2 Å². The molecule has 0 saturated heterocycles. The van der Waals surface area contributed by atoms with E-state index in [4.69, 9.17) is 4.74 Å². The van der Waals surface area contributed by atoms with Gasteiger partial charge in [0.05, 0.1) is 7.11 Å². The third kappa shape index (κ3) is 9.26. The van der Waals surface area contributed by atoms with E-state index in [1.807, 2.05) is 0 Å². The van der Waals surface area contributed by atoms with Crippen LogP contribution < -0.4 is 0 Å². The van der Waals surface area contributed by atoms with E-state index in [-0.39, 0.29) is 5.70 Å². The first-order chi connectivity index (χ1) is 12.6. The lowest BCUT2D eigenvalue weighted by Gasteiger charge is -2.27. The molecular weight excluding hydrogens is 457 g/mol. The molecule has 1 aromatic carbocycles. The van der Waals surface area contributed by atoms with Crippen LogP contribution in [0.25, 0.3) is 0 Å². The number of benzene rings is 1. The van der Waals surface area contributed by atoms with Crippen LogP contribution in [-0.4, -0.2) is 36.2 Å². The lowest BCUT2D eigenvalue weighted by Crippen LogP contribution is -2.39. The Morgan fingerprint density at radius 2 is 1.67 bits per heavy atom. The molecule has 0 aliphatic rings. The van der Waals surface area contributed by atoms with Crippen molar-refractivity contribution in [3.8, 4) is 0 Å². The maximum atomic E-state index is 12.4. The zero-order valence-corrected chi connectivity index (χ0v) is 18.9. The molecule has 1 amide bonds. The molecule has 0 atom stereocenters. The van der Waals surface area contributed by atoms with Crippen molar-refractivity contribution >= 4 is 34.7 Å². The molecule has 0 N–H and O–H groups in total. The summed E-state index contributed by atoms with van der Waals surface area (Å²) in [5.74, 6) is -0.625. The number of hydrogen-bond acceptors (Lipinski definition) is 4. The van der Waals surface area contributed by atoms with Gasteiger partial charge in [0, 0.05) is 10.1 Å². The van der Waals surface area contributed by atoms with Crippen LogP contribution in [0, 0.1) is 3.57 Å². The number of esters is 1. The Kier molecular flexibility index (Phi) is 9.83.